The van der Waals surface area contributed by atoms with Crippen LogP contribution in [0.15, 0.2) is 41.8 Å². The molecule has 0 radical (unpaired) electrons. The quantitative estimate of drug-likeness (QED) is 0.855. The predicted octanol–water partition coefficient (Wildman–Crippen LogP) is 3.62. The molecule has 0 saturated carbocycles. The first kappa shape index (κ1) is 14.3. The summed E-state index contributed by atoms with van der Waals surface area (Å²) in [6, 6.07) is 8.17. The molecule has 1 aromatic heterocycles. The van der Waals surface area contributed by atoms with Gasteiger partial charge in [0.2, 0.25) is 0 Å². The largest absolute Gasteiger partial charge is 0.478 e. The number of carboxylic acids is 1. The van der Waals surface area contributed by atoms with Gasteiger partial charge in [0.1, 0.15) is 5.82 Å². The van der Waals surface area contributed by atoms with Gasteiger partial charge in [-0.05, 0) is 47.4 Å². The summed E-state index contributed by atoms with van der Waals surface area (Å²) in [7, 11) is 1.91. The third-order valence-corrected chi connectivity index (χ3v) is 3.76. The fraction of sp³-hybridized carbons (Fsp3) is 0.133. The van der Waals surface area contributed by atoms with Crippen molar-refractivity contribution in [2.75, 3.05) is 11.9 Å². The Kier molecular flexibility index (Phi) is 4.53. The zero-order chi connectivity index (χ0) is 14.5. The number of rotatable bonds is 5. The third kappa shape index (κ3) is 3.68. The van der Waals surface area contributed by atoms with Gasteiger partial charge in [0, 0.05) is 23.7 Å². The van der Waals surface area contributed by atoms with Crippen molar-refractivity contribution in [3.8, 4) is 0 Å². The number of hydrogen-bond acceptors (Lipinski definition) is 3. The molecule has 0 aliphatic rings. The Hall–Kier alpha value is -2.14. The Labute approximate surface area is 120 Å². The number of carboxylic acid groups (broad SMARTS) is 1. The minimum absolute atomic E-state index is 0.261. The van der Waals surface area contributed by atoms with E-state index in [2.05, 4.69) is 0 Å². The van der Waals surface area contributed by atoms with E-state index in [9.17, 15) is 9.18 Å². The summed E-state index contributed by atoms with van der Waals surface area (Å²) in [5.74, 6) is -1.22. The van der Waals surface area contributed by atoms with E-state index in [0.29, 0.717) is 6.54 Å². The van der Waals surface area contributed by atoms with Crippen LogP contribution in [-0.2, 0) is 11.3 Å². The zero-order valence-corrected chi connectivity index (χ0v) is 11.7. The zero-order valence-electron chi connectivity index (χ0n) is 10.9. The molecule has 1 aromatic carbocycles. The SMILES string of the molecule is CN(Cc1sccc1C=CC(=O)O)c1ccc(F)cc1. The smallest absolute Gasteiger partial charge is 0.328 e. The maximum Gasteiger partial charge on any atom is 0.328 e. The highest BCUT2D eigenvalue weighted by atomic mass is 32.1. The topological polar surface area (TPSA) is 40.5 Å². The molecule has 20 heavy (non-hydrogen) atoms. The minimum atomic E-state index is -0.964. The summed E-state index contributed by atoms with van der Waals surface area (Å²) >= 11 is 1.57. The molecule has 0 saturated heterocycles. The highest BCUT2D eigenvalue weighted by Crippen LogP contribution is 2.23. The Morgan fingerprint density at radius 1 is 1.35 bits per heavy atom. The van der Waals surface area contributed by atoms with Crippen molar-refractivity contribution in [2.45, 2.75) is 6.54 Å². The summed E-state index contributed by atoms with van der Waals surface area (Å²) in [5, 5.41) is 10.6. The summed E-state index contributed by atoms with van der Waals surface area (Å²) in [6.07, 6.45) is 2.72. The molecule has 2 rings (SSSR count). The Morgan fingerprint density at radius 3 is 2.70 bits per heavy atom. The number of nitrogens with zero attached hydrogens (tertiary/aromatic N) is 1. The Bertz CT molecular complexity index is 619. The molecule has 0 aliphatic heterocycles. The van der Waals surface area contributed by atoms with E-state index in [4.69, 9.17) is 5.11 Å². The van der Waals surface area contributed by atoms with Gasteiger partial charge in [-0.1, -0.05) is 0 Å². The monoisotopic (exact) mass is 291 g/mol. The first-order chi connectivity index (χ1) is 9.56. The average molecular weight is 291 g/mol. The molecule has 104 valence electrons. The first-order valence-electron chi connectivity index (χ1n) is 6.00. The van der Waals surface area contributed by atoms with E-state index in [-0.39, 0.29) is 5.82 Å². The molecule has 1 heterocycles. The lowest BCUT2D eigenvalue weighted by molar-refractivity contribution is -0.131. The second-order valence-electron chi connectivity index (χ2n) is 4.30. The molecule has 0 aliphatic carbocycles. The van der Waals surface area contributed by atoms with Gasteiger partial charge >= 0.3 is 5.97 Å². The minimum Gasteiger partial charge on any atom is -0.478 e. The molecule has 5 heteroatoms. The molecule has 0 spiro atoms. The van der Waals surface area contributed by atoms with E-state index in [1.165, 1.54) is 12.1 Å². The number of carbonyl (C=O) groups is 1. The van der Waals surface area contributed by atoms with Crippen LogP contribution in [0.3, 0.4) is 0 Å². The van der Waals surface area contributed by atoms with Gasteiger partial charge in [-0.25, -0.2) is 9.18 Å². The molecule has 0 atom stereocenters. The van der Waals surface area contributed by atoms with Crippen LogP contribution in [0.2, 0.25) is 0 Å². The fourth-order valence-corrected chi connectivity index (χ4v) is 2.71. The highest BCUT2D eigenvalue weighted by Gasteiger charge is 2.07. The van der Waals surface area contributed by atoms with Crippen molar-refractivity contribution in [3.05, 3.63) is 58.0 Å². The van der Waals surface area contributed by atoms with Crippen LogP contribution in [-0.4, -0.2) is 18.1 Å². The van der Waals surface area contributed by atoms with Crippen LogP contribution in [0.1, 0.15) is 10.4 Å². The number of hydrogen-bond donors (Lipinski definition) is 1. The molecular weight excluding hydrogens is 277 g/mol. The van der Waals surface area contributed by atoms with Gasteiger partial charge in [-0.2, -0.15) is 0 Å². The molecule has 0 amide bonds. The molecule has 0 bridgehead atoms. The lowest BCUT2D eigenvalue weighted by Crippen LogP contribution is -2.15. The van der Waals surface area contributed by atoms with Gasteiger partial charge in [0.05, 0.1) is 6.54 Å². The van der Waals surface area contributed by atoms with Crippen LogP contribution in [0.4, 0.5) is 10.1 Å². The second kappa shape index (κ2) is 6.34. The van der Waals surface area contributed by atoms with Crippen LogP contribution in [0, 0.1) is 5.82 Å². The lowest BCUT2D eigenvalue weighted by atomic mass is 10.2. The van der Waals surface area contributed by atoms with Crippen molar-refractivity contribution in [1.29, 1.82) is 0 Å². The second-order valence-corrected chi connectivity index (χ2v) is 5.30. The number of benzene rings is 1. The predicted molar refractivity (Wildman–Crippen MR) is 79.5 cm³/mol. The molecule has 0 fully saturated rings. The van der Waals surface area contributed by atoms with E-state index in [1.54, 1.807) is 29.5 Å². The van der Waals surface area contributed by atoms with Crippen molar-refractivity contribution >= 4 is 29.1 Å². The van der Waals surface area contributed by atoms with E-state index in [0.717, 1.165) is 22.2 Å². The van der Waals surface area contributed by atoms with Gasteiger partial charge in [-0.15, -0.1) is 11.3 Å². The maximum atomic E-state index is 12.9. The summed E-state index contributed by atoms with van der Waals surface area (Å²) in [6.45, 7) is 0.641. The Balaban J connectivity index is 2.12. The number of thiophene rings is 1. The summed E-state index contributed by atoms with van der Waals surface area (Å²) < 4.78 is 12.9. The highest BCUT2D eigenvalue weighted by molar-refractivity contribution is 7.10. The molecule has 3 nitrogen and oxygen atoms in total. The third-order valence-electron chi connectivity index (χ3n) is 2.83. The van der Waals surface area contributed by atoms with Crippen molar-refractivity contribution < 1.29 is 14.3 Å². The first-order valence-corrected chi connectivity index (χ1v) is 6.88. The van der Waals surface area contributed by atoms with Crippen LogP contribution < -0.4 is 4.90 Å². The lowest BCUT2D eigenvalue weighted by Gasteiger charge is -2.19. The van der Waals surface area contributed by atoms with Crippen LogP contribution >= 0.6 is 11.3 Å². The maximum absolute atomic E-state index is 12.9. The molecular formula is C15H14FNO2S. The molecule has 1 N–H and O–H groups in total. The normalized spacial score (nSPS) is 10.9. The number of halogens is 1. The van der Waals surface area contributed by atoms with E-state index >= 15 is 0 Å². The van der Waals surface area contributed by atoms with Gasteiger partial charge in [-0.3, -0.25) is 0 Å². The molecule has 0 unspecified atom stereocenters. The average Bonchev–Trinajstić information content (AvgIpc) is 2.84. The van der Waals surface area contributed by atoms with Crippen molar-refractivity contribution in [2.24, 2.45) is 0 Å². The van der Waals surface area contributed by atoms with Gasteiger partial charge in [0.15, 0.2) is 0 Å². The summed E-state index contributed by atoms with van der Waals surface area (Å²) in [4.78, 5) is 13.6. The van der Waals surface area contributed by atoms with E-state index < -0.39 is 5.97 Å². The van der Waals surface area contributed by atoms with Crippen LogP contribution in [0.5, 0.6) is 0 Å². The number of anilines is 1. The van der Waals surface area contributed by atoms with Crippen LogP contribution in [0.25, 0.3) is 6.08 Å². The standard InChI is InChI=1S/C15H14FNO2S/c1-17(13-5-3-12(16)4-6-13)10-14-11(8-9-20-14)2-7-15(18)19/h2-9H,10H2,1H3,(H,18,19). The van der Waals surface area contributed by atoms with E-state index in [1.807, 2.05) is 23.4 Å². The van der Waals surface area contributed by atoms with Crippen molar-refractivity contribution in [1.82, 2.24) is 0 Å². The van der Waals surface area contributed by atoms with Crippen molar-refractivity contribution in [3.63, 3.8) is 0 Å². The molecule has 2 aromatic rings. The fourth-order valence-electron chi connectivity index (χ4n) is 1.79. The van der Waals surface area contributed by atoms with Gasteiger partial charge in [0.25, 0.3) is 0 Å². The Morgan fingerprint density at radius 2 is 2.05 bits per heavy atom. The summed E-state index contributed by atoms with van der Waals surface area (Å²) in [5.41, 5.74) is 1.80. The van der Waals surface area contributed by atoms with Gasteiger partial charge < -0.3 is 10.0 Å². The number of aliphatic carboxylic acids is 1.